The number of benzene rings is 2. The third-order valence-electron chi connectivity index (χ3n) is 4.13. The molecule has 0 saturated heterocycles. The van der Waals surface area contributed by atoms with E-state index in [0.29, 0.717) is 28.6 Å². The van der Waals surface area contributed by atoms with Crippen molar-refractivity contribution in [1.82, 2.24) is 0 Å². The summed E-state index contributed by atoms with van der Waals surface area (Å²) in [7, 11) is 0. The number of hydrogen-bond donors (Lipinski definition) is 0. The van der Waals surface area contributed by atoms with Gasteiger partial charge in [0.1, 0.15) is 11.5 Å². The van der Waals surface area contributed by atoms with Crippen LogP contribution in [0.2, 0.25) is 0 Å². The molecule has 1 aliphatic heterocycles. The van der Waals surface area contributed by atoms with E-state index < -0.39 is 0 Å². The number of thioether (sulfide) groups is 1. The first-order valence-corrected chi connectivity index (χ1v) is 9.38. The molecule has 0 spiro atoms. The van der Waals surface area contributed by atoms with Crippen LogP contribution in [0, 0.1) is 0 Å². The molecule has 1 aliphatic rings. The number of carbonyl (C=O) groups is 2. The van der Waals surface area contributed by atoms with Crippen molar-refractivity contribution in [3.63, 3.8) is 0 Å². The highest BCUT2D eigenvalue weighted by atomic mass is 32.2. The van der Waals surface area contributed by atoms with E-state index in [1.54, 1.807) is 31.2 Å². The largest absolute Gasteiger partial charge is 0.462 e. The summed E-state index contributed by atoms with van der Waals surface area (Å²) in [6.07, 6.45) is 1.76. The average molecular weight is 376 g/mol. The summed E-state index contributed by atoms with van der Waals surface area (Å²) >= 11 is 1.45. The summed E-state index contributed by atoms with van der Waals surface area (Å²) in [6, 6.07) is 18.3. The Balaban J connectivity index is 1.59. The smallest absolute Gasteiger partial charge is 0.338 e. The summed E-state index contributed by atoms with van der Waals surface area (Å²) < 4.78 is 10.9. The Hall–Kier alpha value is -3.05. The summed E-state index contributed by atoms with van der Waals surface area (Å²) in [5.74, 6) is 0.868. The lowest BCUT2D eigenvalue weighted by Crippen LogP contribution is -2.04. The number of carbonyl (C=O) groups excluding carboxylic acids is 2. The number of esters is 1. The number of rotatable bonds is 4. The molecular formula is C22H16O4S. The lowest BCUT2D eigenvalue weighted by Gasteiger charge is -2.03. The highest BCUT2D eigenvalue weighted by Gasteiger charge is 2.25. The SMILES string of the molecule is CCOC(=O)c1cccc(-c2ccc(C=C3Sc4ccccc4C3=O)o2)c1. The van der Waals surface area contributed by atoms with Gasteiger partial charge in [0, 0.05) is 16.0 Å². The zero-order valence-corrected chi connectivity index (χ0v) is 15.4. The molecule has 0 unspecified atom stereocenters. The van der Waals surface area contributed by atoms with Crippen LogP contribution < -0.4 is 0 Å². The molecule has 3 aromatic rings. The molecule has 0 radical (unpaired) electrons. The van der Waals surface area contributed by atoms with Gasteiger partial charge in [0.25, 0.3) is 0 Å². The number of allylic oxidation sites excluding steroid dienone is 1. The van der Waals surface area contributed by atoms with Crippen molar-refractivity contribution in [2.75, 3.05) is 6.61 Å². The van der Waals surface area contributed by atoms with Crippen molar-refractivity contribution in [2.45, 2.75) is 11.8 Å². The topological polar surface area (TPSA) is 56.5 Å². The van der Waals surface area contributed by atoms with Gasteiger partial charge in [-0.15, -0.1) is 0 Å². The quantitative estimate of drug-likeness (QED) is 0.447. The molecule has 0 saturated carbocycles. The molecule has 0 N–H and O–H groups in total. The maximum Gasteiger partial charge on any atom is 0.338 e. The van der Waals surface area contributed by atoms with Gasteiger partial charge in [-0.05, 0) is 49.4 Å². The predicted octanol–water partition coefficient (Wildman–Crippen LogP) is 5.45. The molecule has 0 amide bonds. The van der Waals surface area contributed by atoms with E-state index in [0.717, 1.165) is 16.0 Å². The van der Waals surface area contributed by atoms with Gasteiger partial charge in [0.05, 0.1) is 17.1 Å². The third kappa shape index (κ3) is 3.46. The molecule has 1 aromatic heterocycles. The molecule has 0 atom stereocenters. The number of furan rings is 1. The fourth-order valence-electron chi connectivity index (χ4n) is 2.86. The highest BCUT2D eigenvalue weighted by Crippen LogP contribution is 2.40. The number of hydrogen-bond acceptors (Lipinski definition) is 5. The summed E-state index contributed by atoms with van der Waals surface area (Å²) in [5.41, 5.74) is 1.98. The van der Waals surface area contributed by atoms with Crippen molar-refractivity contribution in [2.24, 2.45) is 0 Å². The van der Waals surface area contributed by atoms with Crippen LogP contribution in [-0.2, 0) is 4.74 Å². The molecule has 2 heterocycles. The molecule has 27 heavy (non-hydrogen) atoms. The molecule has 0 bridgehead atoms. The number of ether oxygens (including phenoxy) is 1. The van der Waals surface area contributed by atoms with Crippen LogP contribution in [0.25, 0.3) is 17.4 Å². The standard InChI is InChI=1S/C22H16O4S/c1-2-25-22(24)15-7-5-6-14(12-15)18-11-10-16(26-18)13-20-21(23)17-8-3-4-9-19(17)27-20/h3-13H,2H2,1H3. The van der Waals surface area contributed by atoms with Crippen molar-refractivity contribution in [1.29, 1.82) is 0 Å². The Kier molecular flexibility index (Phi) is 4.69. The minimum Gasteiger partial charge on any atom is -0.462 e. The fraction of sp³-hybridized carbons (Fsp3) is 0.0909. The van der Waals surface area contributed by atoms with E-state index in [-0.39, 0.29) is 11.8 Å². The first-order valence-electron chi connectivity index (χ1n) is 8.56. The number of fused-ring (bicyclic) bond motifs is 1. The van der Waals surface area contributed by atoms with E-state index in [1.165, 1.54) is 11.8 Å². The Labute approximate surface area is 160 Å². The monoisotopic (exact) mass is 376 g/mol. The zero-order chi connectivity index (χ0) is 18.8. The summed E-state index contributed by atoms with van der Waals surface area (Å²) in [5, 5.41) is 0. The lowest BCUT2D eigenvalue weighted by atomic mass is 10.1. The normalized spacial score (nSPS) is 14.4. The van der Waals surface area contributed by atoms with Crippen molar-refractivity contribution in [3.8, 4) is 11.3 Å². The third-order valence-corrected chi connectivity index (χ3v) is 5.23. The van der Waals surface area contributed by atoms with Gasteiger partial charge in [-0.3, -0.25) is 4.79 Å². The van der Waals surface area contributed by atoms with Gasteiger partial charge >= 0.3 is 5.97 Å². The minimum atomic E-state index is -0.362. The maximum absolute atomic E-state index is 12.5. The number of Topliss-reactive ketones (excluding diaryl/α,β-unsaturated/α-hetero) is 1. The second-order valence-electron chi connectivity index (χ2n) is 5.94. The lowest BCUT2D eigenvalue weighted by molar-refractivity contribution is 0.0526. The van der Waals surface area contributed by atoms with Gasteiger partial charge in [0.15, 0.2) is 0 Å². The maximum atomic E-state index is 12.5. The first kappa shape index (κ1) is 17.4. The van der Waals surface area contributed by atoms with Crippen molar-refractivity contribution >= 4 is 29.6 Å². The molecule has 4 nitrogen and oxygen atoms in total. The Morgan fingerprint density at radius 1 is 1.11 bits per heavy atom. The van der Waals surface area contributed by atoms with Crippen LogP contribution in [0.15, 0.2) is 74.9 Å². The van der Waals surface area contributed by atoms with Crippen LogP contribution in [0.4, 0.5) is 0 Å². The molecule has 4 rings (SSSR count). The highest BCUT2D eigenvalue weighted by molar-refractivity contribution is 8.04. The van der Waals surface area contributed by atoms with Crippen molar-refractivity contribution < 1.29 is 18.7 Å². The molecule has 134 valence electrons. The van der Waals surface area contributed by atoms with Gasteiger partial charge in [-0.2, -0.15) is 0 Å². The van der Waals surface area contributed by atoms with Crippen LogP contribution in [0.5, 0.6) is 0 Å². The second-order valence-corrected chi connectivity index (χ2v) is 7.02. The predicted molar refractivity (Wildman–Crippen MR) is 105 cm³/mol. The average Bonchev–Trinajstić information content (AvgIpc) is 3.28. The fourth-order valence-corrected chi connectivity index (χ4v) is 3.90. The Morgan fingerprint density at radius 2 is 1.96 bits per heavy atom. The molecule has 0 fully saturated rings. The second kappa shape index (κ2) is 7.29. The van der Waals surface area contributed by atoms with Crippen molar-refractivity contribution in [3.05, 3.63) is 82.5 Å². The molecular weight excluding hydrogens is 360 g/mol. The number of ketones is 1. The van der Waals surface area contributed by atoms with Gasteiger partial charge in [-0.1, -0.05) is 36.0 Å². The van der Waals surface area contributed by atoms with E-state index in [4.69, 9.17) is 9.15 Å². The Morgan fingerprint density at radius 3 is 2.78 bits per heavy atom. The summed E-state index contributed by atoms with van der Waals surface area (Å²) in [6.45, 7) is 2.10. The van der Waals surface area contributed by atoms with Crippen LogP contribution in [0.1, 0.15) is 33.4 Å². The van der Waals surface area contributed by atoms with Crippen LogP contribution >= 0.6 is 11.8 Å². The zero-order valence-electron chi connectivity index (χ0n) is 14.6. The van der Waals surface area contributed by atoms with E-state index in [2.05, 4.69) is 0 Å². The van der Waals surface area contributed by atoms with E-state index in [1.807, 2.05) is 42.5 Å². The van der Waals surface area contributed by atoms with Crippen LogP contribution in [-0.4, -0.2) is 18.4 Å². The van der Waals surface area contributed by atoms with Gasteiger partial charge < -0.3 is 9.15 Å². The molecule has 0 aliphatic carbocycles. The van der Waals surface area contributed by atoms with Gasteiger partial charge in [0.2, 0.25) is 5.78 Å². The first-order chi connectivity index (χ1) is 13.2. The van der Waals surface area contributed by atoms with Gasteiger partial charge in [-0.25, -0.2) is 4.79 Å². The molecule has 2 aromatic carbocycles. The van der Waals surface area contributed by atoms with E-state index >= 15 is 0 Å². The Bertz CT molecular complexity index is 1060. The summed E-state index contributed by atoms with van der Waals surface area (Å²) in [4.78, 5) is 26.0. The molecule has 5 heteroatoms. The minimum absolute atomic E-state index is 0.0119. The van der Waals surface area contributed by atoms with E-state index in [9.17, 15) is 9.59 Å². The van der Waals surface area contributed by atoms with Crippen LogP contribution in [0.3, 0.4) is 0 Å².